The average Bonchev–Trinajstić information content (AvgIpc) is 3.21. The van der Waals surface area contributed by atoms with Crippen molar-refractivity contribution in [1.82, 2.24) is 0 Å². The Bertz CT molecular complexity index is 587. The van der Waals surface area contributed by atoms with Gasteiger partial charge in [-0.1, -0.05) is 22.5 Å². The van der Waals surface area contributed by atoms with Crippen molar-refractivity contribution < 1.29 is 9.68 Å². The highest BCUT2D eigenvalue weighted by Crippen LogP contribution is 2.77. The Morgan fingerprint density at radius 2 is 1.27 bits per heavy atom. The third-order valence-corrected chi connectivity index (χ3v) is 8.05. The summed E-state index contributed by atoms with van der Waals surface area (Å²) in [6.45, 7) is 0. The Hall–Kier alpha value is -1.32. The molecule has 0 amide bonds. The van der Waals surface area contributed by atoms with Crippen LogP contribution in [0.15, 0.2) is 22.5 Å². The van der Waals surface area contributed by atoms with E-state index in [1.807, 2.05) is 0 Å². The highest BCUT2D eigenvalue weighted by Gasteiger charge is 2.76. The van der Waals surface area contributed by atoms with Crippen molar-refractivity contribution in [3.8, 4) is 0 Å². The molecule has 0 aromatic carbocycles. The molecule has 0 radical (unpaired) electrons. The molecule has 0 bridgehead atoms. The Labute approximate surface area is 130 Å². The fourth-order valence-corrected chi connectivity index (χ4v) is 8.09. The van der Waals surface area contributed by atoms with Gasteiger partial charge in [-0.25, -0.2) is 0 Å². The van der Waals surface area contributed by atoms with Gasteiger partial charge in [0.2, 0.25) is 0 Å². The zero-order valence-electron chi connectivity index (χ0n) is 13.1. The predicted molar refractivity (Wildman–Crippen MR) is 82.2 cm³/mol. The van der Waals surface area contributed by atoms with Crippen molar-refractivity contribution >= 4 is 11.4 Å². The minimum Gasteiger partial charge on any atom is -0.399 e. The molecule has 116 valence electrons. The van der Waals surface area contributed by atoms with Gasteiger partial charge in [-0.15, -0.1) is 0 Å². The number of nitrogens with zero attached hydrogens (tertiary/aromatic N) is 2. The lowest BCUT2D eigenvalue weighted by Gasteiger charge is -2.21. The molecule has 0 aromatic heterocycles. The van der Waals surface area contributed by atoms with Crippen LogP contribution < -0.4 is 0 Å². The predicted octanol–water partition coefficient (Wildman–Crippen LogP) is 2.57. The number of oxime groups is 2. The molecule has 6 rings (SSSR count). The summed E-state index contributed by atoms with van der Waals surface area (Å²) in [5, 5.41) is 8.90. The smallest absolute Gasteiger partial charge is 0.106 e. The normalized spacial score (nSPS) is 61.7. The maximum Gasteiger partial charge on any atom is 0.106 e. The fourth-order valence-electron chi connectivity index (χ4n) is 8.09. The summed E-state index contributed by atoms with van der Waals surface area (Å²) in [5.74, 6) is 7.93. The van der Waals surface area contributed by atoms with Gasteiger partial charge in [-0.3, -0.25) is 0 Å². The van der Waals surface area contributed by atoms with Crippen LogP contribution >= 0.6 is 0 Å². The second kappa shape index (κ2) is 3.77. The first-order valence-electron chi connectivity index (χ1n) is 8.73. The number of fused-ring (bicyclic) bond motifs is 3. The zero-order valence-corrected chi connectivity index (χ0v) is 13.1. The molecule has 6 aliphatic rings. The summed E-state index contributed by atoms with van der Waals surface area (Å²) >= 11 is 0. The fraction of sp³-hybridized carbons (Fsp3) is 0.778. The molecule has 4 nitrogen and oxygen atoms in total. The van der Waals surface area contributed by atoms with Gasteiger partial charge in [0.05, 0.1) is 11.4 Å². The molecule has 5 saturated carbocycles. The highest BCUT2D eigenvalue weighted by atomic mass is 16.6. The van der Waals surface area contributed by atoms with E-state index in [4.69, 9.17) is 9.68 Å². The molecule has 0 aliphatic heterocycles. The van der Waals surface area contributed by atoms with Crippen molar-refractivity contribution in [3.63, 3.8) is 0 Å². The van der Waals surface area contributed by atoms with Crippen LogP contribution in [-0.4, -0.2) is 25.6 Å². The maximum absolute atomic E-state index is 5.19. The molecule has 0 heterocycles. The van der Waals surface area contributed by atoms with E-state index in [9.17, 15) is 0 Å². The molecule has 2 unspecified atom stereocenters. The van der Waals surface area contributed by atoms with Crippen LogP contribution in [0, 0.1) is 59.2 Å². The van der Waals surface area contributed by atoms with Gasteiger partial charge in [-0.2, -0.15) is 0 Å². The van der Waals surface area contributed by atoms with Gasteiger partial charge in [0.15, 0.2) is 0 Å². The van der Waals surface area contributed by atoms with E-state index in [1.54, 1.807) is 14.2 Å². The van der Waals surface area contributed by atoms with Crippen molar-refractivity contribution in [2.45, 2.75) is 12.8 Å². The Morgan fingerprint density at radius 1 is 0.773 bits per heavy atom. The minimum absolute atomic E-state index is 0.676. The largest absolute Gasteiger partial charge is 0.399 e. The second-order valence-electron chi connectivity index (χ2n) is 8.17. The molecule has 0 saturated heterocycles. The first-order chi connectivity index (χ1) is 10.8. The molecule has 0 aromatic rings. The molecule has 22 heavy (non-hydrogen) atoms. The number of allylic oxidation sites excluding steroid dienone is 2. The van der Waals surface area contributed by atoms with Crippen molar-refractivity contribution in [1.29, 1.82) is 0 Å². The Balaban J connectivity index is 1.52. The highest BCUT2D eigenvalue weighted by molar-refractivity contribution is 5.94. The lowest BCUT2D eigenvalue weighted by molar-refractivity contribution is 0.208. The van der Waals surface area contributed by atoms with Crippen LogP contribution in [0.5, 0.6) is 0 Å². The van der Waals surface area contributed by atoms with Crippen LogP contribution in [0.2, 0.25) is 0 Å². The monoisotopic (exact) mass is 298 g/mol. The quantitative estimate of drug-likeness (QED) is 0.581. The Morgan fingerprint density at radius 3 is 1.73 bits per heavy atom. The maximum atomic E-state index is 5.19. The summed E-state index contributed by atoms with van der Waals surface area (Å²) in [7, 11) is 3.39. The topological polar surface area (TPSA) is 43.2 Å². The standard InChI is InChI=1S/C18H22N2O2/c1-21-19-11-5-9-10-6-12(20-22-2)15-8-4-3-7-13(8)18(17(10)15)16(9)14(7)11/h3-4,7-10,13-18H,5-6H2,1-2H3/b19-11-,20-12-/t7-,8-,9-,10+,13?,14-,15-,16+,17-,18?/m0/s1. The van der Waals surface area contributed by atoms with Gasteiger partial charge in [0.25, 0.3) is 0 Å². The third kappa shape index (κ3) is 1.08. The molecule has 5 fully saturated rings. The van der Waals surface area contributed by atoms with E-state index in [1.165, 1.54) is 11.4 Å². The average molecular weight is 298 g/mol. The van der Waals surface area contributed by atoms with Crippen molar-refractivity contribution in [3.05, 3.63) is 12.2 Å². The number of hydrogen-bond acceptors (Lipinski definition) is 4. The molecular formula is C18H22N2O2. The van der Waals surface area contributed by atoms with Crippen LogP contribution in [0.1, 0.15) is 12.8 Å². The summed E-state index contributed by atoms with van der Waals surface area (Å²) < 4.78 is 0. The van der Waals surface area contributed by atoms with Gasteiger partial charge in [-0.05, 0) is 60.2 Å². The first kappa shape index (κ1) is 12.1. The molecule has 10 atom stereocenters. The van der Waals surface area contributed by atoms with Crippen molar-refractivity contribution in [2.24, 2.45) is 69.5 Å². The summed E-state index contributed by atoms with van der Waals surface area (Å²) in [4.78, 5) is 10.4. The van der Waals surface area contributed by atoms with Gasteiger partial charge < -0.3 is 9.68 Å². The molecule has 6 aliphatic carbocycles. The Kier molecular flexibility index (Phi) is 2.08. The van der Waals surface area contributed by atoms with Gasteiger partial charge in [0.1, 0.15) is 14.2 Å². The first-order valence-corrected chi connectivity index (χ1v) is 8.73. The summed E-state index contributed by atoms with van der Waals surface area (Å²) in [6.07, 6.45) is 7.35. The van der Waals surface area contributed by atoms with E-state index in [0.717, 1.165) is 48.3 Å². The van der Waals surface area contributed by atoms with E-state index < -0.39 is 0 Å². The molecule has 0 spiro atoms. The molecule has 0 N–H and O–H groups in total. The van der Waals surface area contributed by atoms with Crippen LogP contribution in [0.25, 0.3) is 0 Å². The molecule has 4 heteroatoms. The van der Waals surface area contributed by atoms with E-state index in [-0.39, 0.29) is 0 Å². The zero-order chi connectivity index (χ0) is 14.6. The van der Waals surface area contributed by atoms with Gasteiger partial charge >= 0.3 is 0 Å². The van der Waals surface area contributed by atoms with E-state index in [2.05, 4.69) is 22.5 Å². The minimum atomic E-state index is 0.676. The number of hydrogen-bond donors (Lipinski definition) is 0. The second-order valence-corrected chi connectivity index (χ2v) is 8.17. The van der Waals surface area contributed by atoms with Gasteiger partial charge in [0, 0.05) is 11.8 Å². The summed E-state index contributed by atoms with van der Waals surface area (Å²) in [6, 6.07) is 0. The van der Waals surface area contributed by atoms with Crippen LogP contribution in [0.3, 0.4) is 0 Å². The van der Waals surface area contributed by atoms with E-state index in [0.29, 0.717) is 23.7 Å². The lowest BCUT2D eigenvalue weighted by atomic mass is 9.83. The van der Waals surface area contributed by atoms with Crippen LogP contribution in [0.4, 0.5) is 0 Å². The third-order valence-electron chi connectivity index (χ3n) is 8.05. The number of rotatable bonds is 2. The van der Waals surface area contributed by atoms with E-state index >= 15 is 0 Å². The summed E-state index contributed by atoms with van der Waals surface area (Å²) in [5.41, 5.74) is 2.71. The van der Waals surface area contributed by atoms with Crippen LogP contribution in [-0.2, 0) is 9.68 Å². The van der Waals surface area contributed by atoms with Crippen molar-refractivity contribution in [2.75, 3.05) is 14.2 Å². The SMILES string of the molecule is CO/N=C1/C[C@H]2[C@H]3C/C(=N/OC)[C@H]4[C@H]3C3C5[C@H](C=C[C@@H]54)[C@@H]1[C@H]32. The lowest BCUT2D eigenvalue weighted by Crippen LogP contribution is -2.23. The molecular weight excluding hydrogens is 276 g/mol.